The zero-order valence-corrected chi connectivity index (χ0v) is 13.9. The van der Waals surface area contributed by atoms with E-state index in [2.05, 4.69) is 37.5 Å². The summed E-state index contributed by atoms with van der Waals surface area (Å²) in [4.78, 5) is 13.1. The number of pyridine rings is 1. The first-order chi connectivity index (χ1) is 10.2. The van der Waals surface area contributed by atoms with Gasteiger partial charge in [-0.05, 0) is 40.3 Å². The maximum atomic E-state index is 6.26. The molecule has 2 aromatic heterocycles. The fourth-order valence-corrected chi connectivity index (χ4v) is 2.75. The van der Waals surface area contributed by atoms with E-state index in [4.69, 9.17) is 11.6 Å². The normalized spacial score (nSPS) is 10.6. The topological polar surface area (TPSA) is 38.7 Å². The van der Waals surface area contributed by atoms with Crippen LogP contribution in [0.3, 0.4) is 0 Å². The summed E-state index contributed by atoms with van der Waals surface area (Å²) < 4.78 is 0.874. The number of nitrogens with zero attached hydrogens (tertiary/aromatic N) is 3. The van der Waals surface area contributed by atoms with Gasteiger partial charge in [0.1, 0.15) is 11.0 Å². The molecule has 104 valence electrons. The lowest BCUT2D eigenvalue weighted by molar-refractivity contribution is 0.963. The number of rotatable bonds is 3. The van der Waals surface area contributed by atoms with Gasteiger partial charge < -0.3 is 0 Å². The van der Waals surface area contributed by atoms with Crippen LogP contribution in [-0.2, 0) is 6.42 Å². The van der Waals surface area contributed by atoms with Crippen LogP contribution in [0.2, 0.25) is 5.15 Å². The van der Waals surface area contributed by atoms with Gasteiger partial charge in [-0.25, -0.2) is 9.97 Å². The predicted octanol–water partition coefficient (Wildman–Crippen LogP) is 4.39. The van der Waals surface area contributed by atoms with Gasteiger partial charge in [-0.2, -0.15) is 0 Å². The van der Waals surface area contributed by atoms with Gasteiger partial charge in [0, 0.05) is 24.4 Å². The lowest BCUT2D eigenvalue weighted by atomic mass is 10.1. The van der Waals surface area contributed by atoms with E-state index in [-0.39, 0.29) is 0 Å². The number of halogens is 2. The highest BCUT2D eigenvalue weighted by Gasteiger charge is 2.12. The number of aromatic nitrogens is 3. The van der Waals surface area contributed by atoms with E-state index >= 15 is 0 Å². The number of hydrogen-bond acceptors (Lipinski definition) is 3. The Balaban J connectivity index is 2.02. The molecule has 0 amide bonds. The Morgan fingerprint density at radius 2 is 1.67 bits per heavy atom. The van der Waals surface area contributed by atoms with E-state index in [1.807, 2.05) is 42.5 Å². The first-order valence-corrected chi connectivity index (χ1v) is 7.86. The first-order valence-electron chi connectivity index (χ1n) is 6.40. The third-order valence-electron chi connectivity index (χ3n) is 3.02. The summed E-state index contributed by atoms with van der Waals surface area (Å²) in [5.41, 5.74) is 3.03. The molecule has 0 saturated carbocycles. The van der Waals surface area contributed by atoms with Crippen molar-refractivity contribution in [3.05, 3.63) is 75.0 Å². The highest BCUT2D eigenvalue weighted by atomic mass is 127. The first kappa shape index (κ1) is 14.4. The van der Waals surface area contributed by atoms with E-state index in [1.165, 1.54) is 0 Å². The maximum absolute atomic E-state index is 6.26. The molecular weight excluding hydrogens is 397 g/mol. The Kier molecular flexibility index (Phi) is 4.45. The van der Waals surface area contributed by atoms with Gasteiger partial charge in [0.15, 0.2) is 0 Å². The molecule has 1 aromatic carbocycles. The molecule has 3 rings (SSSR count). The zero-order chi connectivity index (χ0) is 14.7. The molecule has 5 heteroatoms. The lowest BCUT2D eigenvalue weighted by Gasteiger charge is -2.08. The summed E-state index contributed by atoms with van der Waals surface area (Å²) in [6.07, 6.45) is 4.17. The van der Waals surface area contributed by atoms with Crippen molar-refractivity contribution in [2.24, 2.45) is 0 Å². The second-order valence-corrected chi connectivity index (χ2v) is 5.93. The molecule has 3 nitrogen and oxygen atoms in total. The van der Waals surface area contributed by atoms with Crippen LogP contribution in [0.1, 0.15) is 11.4 Å². The van der Waals surface area contributed by atoms with Crippen LogP contribution in [0, 0.1) is 3.57 Å². The Labute approximate surface area is 141 Å². The van der Waals surface area contributed by atoms with Crippen LogP contribution in [-0.4, -0.2) is 15.0 Å². The van der Waals surface area contributed by atoms with Gasteiger partial charge >= 0.3 is 0 Å². The molecule has 0 N–H and O–H groups in total. The highest BCUT2D eigenvalue weighted by molar-refractivity contribution is 14.1. The minimum Gasteiger partial charge on any atom is -0.265 e. The van der Waals surface area contributed by atoms with Crippen LogP contribution in [0.5, 0.6) is 0 Å². The highest BCUT2D eigenvalue weighted by Crippen LogP contribution is 2.28. The van der Waals surface area contributed by atoms with Crippen molar-refractivity contribution < 1.29 is 0 Å². The Hall–Kier alpha value is -1.53. The van der Waals surface area contributed by atoms with Gasteiger partial charge in [0.2, 0.25) is 0 Å². The summed E-state index contributed by atoms with van der Waals surface area (Å²) in [5, 5.41) is 0.494. The van der Waals surface area contributed by atoms with E-state index in [9.17, 15) is 0 Å². The molecule has 0 unspecified atom stereocenters. The standard InChI is InChI=1S/C16H11ClIN3/c17-16-14(18)15(12-4-2-1-3-5-12)20-13(21-16)10-11-6-8-19-9-7-11/h1-9H,10H2. The second-order valence-electron chi connectivity index (χ2n) is 4.49. The predicted molar refractivity (Wildman–Crippen MR) is 92.2 cm³/mol. The molecule has 0 fully saturated rings. The Bertz CT molecular complexity index is 748. The van der Waals surface area contributed by atoms with Crippen LogP contribution in [0.15, 0.2) is 54.9 Å². The van der Waals surface area contributed by atoms with Gasteiger partial charge in [-0.1, -0.05) is 41.9 Å². The Morgan fingerprint density at radius 1 is 0.952 bits per heavy atom. The summed E-state index contributed by atoms with van der Waals surface area (Å²) in [6, 6.07) is 13.9. The van der Waals surface area contributed by atoms with Crippen LogP contribution in [0.25, 0.3) is 11.3 Å². The van der Waals surface area contributed by atoms with Gasteiger partial charge in [-0.15, -0.1) is 0 Å². The molecule has 0 radical (unpaired) electrons. The van der Waals surface area contributed by atoms with Gasteiger partial charge in [0.25, 0.3) is 0 Å². The molecule has 0 bridgehead atoms. The van der Waals surface area contributed by atoms with Crippen LogP contribution in [0.4, 0.5) is 0 Å². The molecule has 0 saturated heterocycles. The molecule has 0 aliphatic rings. The SMILES string of the molecule is Clc1nc(Cc2ccncc2)nc(-c2ccccc2)c1I. The van der Waals surface area contributed by atoms with Crippen molar-refractivity contribution in [2.75, 3.05) is 0 Å². The smallest absolute Gasteiger partial charge is 0.146 e. The molecule has 2 heterocycles. The molecule has 0 aliphatic heterocycles. The molecule has 3 aromatic rings. The average Bonchev–Trinajstić information content (AvgIpc) is 2.52. The second kappa shape index (κ2) is 6.49. The van der Waals surface area contributed by atoms with Gasteiger partial charge in [-0.3, -0.25) is 4.98 Å². The molecule has 0 spiro atoms. The molecule has 21 heavy (non-hydrogen) atoms. The van der Waals surface area contributed by atoms with E-state index < -0.39 is 0 Å². The maximum Gasteiger partial charge on any atom is 0.146 e. The molecular formula is C16H11ClIN3. The summed E-state index contributed by atoms with van der Waals surface area (Å²) >= 11 is 8.45. The Morgan fingerprint density at radius 3 is 2.38 bits per heavy atom. The number of hydrogen-bond donors (Lipinski definition) is 0. The molecule has 0 atom stereocenters. The monoisotopic (exact) mass is 407 g/mol. The van der Waals surface area contributed by atoms with Crippen molar-refractivity contribution >= 4 is 34.2 Å². The molecule has 0 aliphatic carbocycles. The van der Waals surface area contributed by atoms with Crippen molar-refractivity contribution in [1.82, 2.24) is 15.0 Å². The minimum absolute atomic E-state index is 0.494. The van der Waals surface area contributed by atoms with Crippen LogP contribution >= 0.6 is 34.2 Å². The third kappa shape index (κ3) is 3.39. The average molecular weight is 408 g/mol. The largest absolute Gasteiger partial charge is 0.265 e. The van der Waals surface area contributed by atoms with Crippen molar-refractivity contribution in [2.45, 2.75) is 6.42 Å². The number of benzene rings is 1. The summed E-state index contributed by atoms with van der Waals surface area (Å²) in [7, 11) is 0. The summed E-state index contributed by atoms with van der Waals surface area (Å²) in [5.74, 6) is 0.713. The van der Waals surface area contributed by atoms with Crippen molar-refractivity contribution in [3.63, 3.8) is 0 Å². The summed E-state index contributed by atoms with van der Waals surface area (Å²) in [6.45, 7) is 0. The quantitative estimate of drug-likeness (QED) is 0.477. The van der Waals surface area contributed by atoms with Crippen LogP contribution < -0.4 is 0 Å². The van der Waals surface area contributed by atoms with Gasteiger partial charge in [0.05, 0.1) is 9.26 Å². The van der Waals surface area contributed by atoms with E-state index in [0.29, 0.717) is 17.4 Å². The lowest BCUT2D eigenvalue weighted by Crippen LogP contribution is -2.02. The van der Waals surface area contributed by atoms with Crippen molar-refractivity contribution in [3.8, 4) is 11.3 Å². The fourth-order valence-electron chi connectivity index (χ4n) is 2.01. The third-order valence-corrected chi connectivity index (χ3v) is 4.63. The zero-order valence-electron chi connectivity index (χ0n) is 11.0. The minimum atomic E-state index is 0.494. The fraction of sp³-hybridized carbons (Fsp3) is 0.0625. The van der Waals surface area contributed by atoms with E-state index in [0.717, 1.165) is 20.4 Å². The van der Waals surface area contributed by atoms with E-state index in [1.54, 1.807) is 12.4 Å². The van der Waals surface area contributed by atoms with Crippen molar-refractivity contribution in [1.29, 1.82) is 0 Å².